The van der Waals surface area contributed by atoms with Crippen LogP contribution < -0.4 is 4.74 Å². The molecule has 1 aliphatic heterocycles. The van der Waals surface area contributed by atoms with Crippen molar-refractivity contribution in [1.29, 1.82) is 0 Å². The third-order valence-electron chi connectivity index (χ3n) is 2.59. The van der Waals surface area contributed by atoms with Gasteiger partial charge in [0.25, 0.3) is 0 Å². The Morgan fingerprint density at radius 3 is 2.50 bits per heavy atom. The number of halogens is 1. The molecule has 5 heteroatoms. The Balaban J connectivity index is 1.77. The largest absolute Gasteiger partial charge is 0.491 e. The van der Waals surface area contributed by atoms with Crippen LogP contribution in [0, 0.1) is 0 Å². The molecule has 1 heterocycles. The normalized spacial score (nSPS) is 23.9. The first-order valence-electron chi connectivity index (χ1n) is 5.88. The number of hydrogen-bond donors (Lipinski definition) is 0. The van der Waals surface area contributed by atoms with Crippen LogP contribution in [0.5, 0.6) is 5.75 Å². The average Bonchev–Trinajstić information content (AvgIpc) is 2.39. The van der Waals surface area contributed by atoms with Crippen LogP contribution in [0.3, 0.4) is 0 Å². The summed E-state index contributed by atoms with van der Waals surface area (Å²) in [4.78, 5) is 0. The lowest BCUT2D eigenvalue weighted by Gasteiger charge is -2.29. The van der Waals surface area contributed by atoms with E-state index in [-0.39, 0.29) is 12.2 Å². The van der Waals surface area contributed by atoms with Crippen molar-refractivity contribution in [2.45, 2.75) is 12.2 Å². The lowest BCUT2D eigenvalue weighted by atomic mass is 10.3. The Hall–Kier alpha value is -0.620. The van der Waals surface area contributed by atoms with Crippen molar-refractivity contribution in [2.24, 2.45) is 0 Å². The zero-order valence-electron chi connectivity index (χ0n) is 10.3. The average molecular weight is 317 g/mol. The van der Waals surface area contributed by atoms with Crippen molar-refractivity contribution in [3.63, 3.8) is 0 Å². The minimum absolute atomic E-state index is 0.00210. The zero-order chi connectivity index (χ0) is 12.8. The maximum Gasteiger partial charge on any atom is 0.119 e. The summed E-state index contributed by atoms with van der Waals surface area (Å²) < 4.78 is 23.0. The van der Waals surface area contributed by atoms with Crippen molar-refractivity contribution in [3.8, 4) is 5.75 Å². The van der Waals surface area contributed by atoms with E-state index in [2.05, 4.69) is 15.9 Å². The van der Waals surface area contributed by atoms with Crippen LogP contribution in [-0.4, -0.2) is 45.7 Å². The highest BCUT2D eigenvalue weighted by atomic mass is 79.9. The smallest absolute Gasteiger partial charge is 0.119 e. The van der Waals surface area contributed by atoms with Crippen molar-refractivity contribution in [2.75, 3.05) is 33.5 Å². The standard InChI is InChI=1S/C13H17BrO4/c1-15-6-12-7-16-8-13(18-12)9-17-11-4-2-10(14)3-5-11/h2-5,12-13H,6-9H2,1H3/t12-,13-/m0/s1. The van der Waals surface area contributed by atoms with Gasteiger partial charge in [0.1, 0.15) is 24.6 Å². The predicted octanol–water partition coefficient (Wildman–Crippen LogP) is 2.26. The van der Waals surface area contributed by atoms with Gasteiger partial charge in [-0.2, -0.15) is 0 Å². The first-order valence-corrected chi connectivity index (χ1v) is 6.67. The molecular formula is C13H17BrO4. The Morgan fingerprint density at radius 1 is 1.17 bits per heavy atom. The molecule has 1 saturated heterocycles. The molecule has 0 N–H and O–H groups in total. The Morgan fingerprint density at radius 2 is 1.83 bits per heavy atom. The molecule has 0 aromatic heterocycles. The van der Waals surface area contributed by atoms with E-state index in [0.29, 0.717) is 26.4 Å². The number of methoxy groups -OCH3 is 1. The van der Waals surface area contributed by atoms with Gasteiger partial charge in [-0.1, -0.05) is 15.9 Å². The number of rotatable bonds is 5. The van der Waals surface area contributed by atoms with E-state index in [0.717, 1.165) is 10.2 Å². The van der Waals surface area contributed by atoms with E-state index in [1.807, 2.05) is 24.3 Å². The van der Waals surface area contributed by atoms with Gasteiger partial charge in [-0.3, -0.25) is 0 Å². The molecule has 2 rings (SSSR count). The van der Waals surface area contributed by atoms with Crippen LogP contribution in [0.4, 0.5) is 0 Å². The van der Waals surface area contributed by atoms with Gasteiger partial charge in [0, 0.05) is 11.6 Å². The minimum atomic E-state index is -0.0393. The molecule has 0 spiro atoms. The summed E-state index contributed by atoms with van der Waals surface area (Å²) in [7, 11) is 1.66. The monoisotopic (exact) mass is 316 g/mol. The fourth-order valence-corrected chi connectivity index (χ4v) is 2.03. The lowest BCUT2D eigenvalue weighted by molar-refractivity contribution is -0.162. The van der Waals surface area contributed by atoms with Gasteiger partial charge in [0.05, 0.1) is 19.8 Å². The second-order valence-corrected chi connectivity index (χ2v) is 5.05. The van der Waals surface area contributed by atoms with E-state index < -0.39 is 0 Å². The van der Waals surface area contributed by atoms with Gasteiger partial charge in [-0.05, 0) is 24.3 Å². The highest BCUT2D eigenvalue weighted by Crippen LogP contribution is 2.17. The highest BCUT2D eigenvalue weighted by molar-refractivity contribution is 9.10. The summed E-state index contributed by atoms with van der Waals surface area (Å²) in [5.74, 6) is 0.829. The SMILES string of the molecule is COC[C@H]1COC[C@@H](COc2ccc(Br)cc2)O1. The minimum Gasteiger partial charge on any atom is -0.491 e. The predicted molar refractivity (Wildman–Crippen MR) is 71.0 cm³/mol. The van der Waals surface area contributed by atoms with Crippen LogP contribution >= 0.6 is 15.9 Å². The molecule has 18 heavy (non-hydrogen) atoms. The van der Waals surface area contributed by atoms with Gasteiger partial charge in [-0.15, -0.1) is 0 Å². The Labute approximate surface area is 115 Å². The van der Waals surface area contributed by atoms with Crippen molar-refractivity contribution in [3.05, 3.63) is 28.7 Å². The molecule has 100 valence electrons. The summed E-state index contributed by atoms with van der Waals surface area (Å²) in [6.45, 7) is 2.19. The Bertz CT molecular complexity index is 353. The van der Waals surface area contributed by atoms with Crippen LogP contribution in [0.25, 0.3) is 0 Å². The zero-order valence-corrected chi connectivity index (χ0v) is 11.9. The molecule has 0 saturated carbocycles. The summed E-state index contributed by atoms with van der Waals surface area (Å²) in [6, 6.07) is 7.73. The number of benzene rings is 1. The van der Waals surface area contributed by atoms with Crippen LogP contribution in [0.2, 0.25) is 0 Å². The van der Waals surface area contributed by atoms with E-state index in [4.69, 9.17) is 18.9 Å². The third kappa shape index (κ3) is 4.24. The number of hydrogen-bond acceptors (Lipinski definition) is 4. The fourth-order valence-electron chi connectivity index (χ4n) is 1.76. The molecule has 1 fully saturated rings. The first-order chi connectivity index (χ1) is 8.78. The van der Waals surface area contributed by atoms with Crippen molar-refractivity contribution in [1.82, 2.24) is 0 Å². The van der Waals surface area contributed by atoms with Gasteiger partial charge in [0.15, 0.2) is 0 Å². The molecule has 4 nitrogen and oxygen atoms in total. The van der Waals surface area contributed by atoms with Gasteiger partial charge < -0.3 is 18.9 Å². The maximum atomic E-state index is 5.79. The van der Waals surface area contributed by atoms with E-state index in [1.54, 1.807) is 7.11 Å². The summed E-state index contributed by atoms with van der Waals surface area (Å²) >= 11 is 3.38. The first kappa shape index (κ1) is 13.8. The lowest BCUT2D eigenvalue weighted by Crippen LogP contribution is -2.41. The second kappa shape index (κ2) is 7.09. The molecule has 0 bridgehead atoms. The van der Waals surface area contributed by atoms with E-state index in [9.17, 15) is 0 Å². The topological polar surface area (TPSA) is 36.9 Å². The highest BCUT2D eigenvalue weighted by Gasteiger charge is 2.23. The molecule has 1 aromatic rings. The quantitative estimate of drug-likeness (QED) is 0.835. The molecule has 0 unspecified atom stereocenters. The molecule has 0 radical (unpaired) electrons. The van der Waals surface area contributed by atoms with Crippen LogP contribution in [0.15, 0.2) is 28.7 Å². The van der Waals surface area contributed by atoms with E-state index in [1.165, 1.54) is 0 Å². The summed E-state index contributed by atoms with van der Waals surface area (Å²) in [6.07, 6.45) is -0.0372. The molecular weight excluding hydrogens is 300 g/mol. The van der Waals surface area contributed by atoms with Gasteiger partial charge in [-0.25, -0.2) is 0 Å². The summed E-state index contributed by atoms with van der Waals surface area (Å²) in [5, 5.41) is 0. The summed E-state index contributed by atoms with van der Waals surface area (Å²) in [5.41, 5.74) is 0. The molecule has 1 aliphatic rings. The second-order valence-electron chi connectivity index (χ2n) is 4.14. The maximum absolute atomic E-state index is 5.79. The molecule has 1 aromatic carbocycles. The van der Waals surface area contributed by atoms with E-state index >= 15 is 0 Å². The third-order valence-corrected chi connectivity index (χ3v) is 3.12. The van der Waals surface area contributed by atoms with Crippen molar-refractivity contribution < 1.29 is 18.9 Å². The van der Waals surface area contributed by atoms with Crippen LogP contribution in [0.1, 0.15) is 0 Å². The van der Waals surface area contributed by atoms with Gasteiger partial charge >= 0.3 is 0 Å². The fraction of sp³-hybridized carbons (Fsp3) is 0.538. The Kier molecular flexibility index (Phi) is 5.44. The molecule has 0 amide bonds. The molecule has 0 aliphatic carbocycles. The van der Waals surface area contributed by atoms with Crippen LogP contribution in [-0.2, 0) is 14.2 Å². The van der Waals surface area contributed by atoms with Crippen molar-refractivity contribution >= 4 is 15.9 Å². The molecule has 2 atom stereocenters. The van der Waals surface area contributed by atoms with Gasteiger partial charge in [0.2, 0.25) is 0 Å². The number of ether oxygens (including phenoxy) is 4.